The van der Waals surface area contributed by atoms with E-state index in [4.69, 9.17) is 21.8 Å². The molecule has 1 aromatic heterocycles. The van der Waals surface area contributed by atoms with Gasteiger partial charge in [-0.3, -0.25) is 0 Å². The summed E-state index contributed by atoms with van der Waals surface area (Å²) in [5, 5.41) is 17.2. The zero-order chi connectivity index (χ0) is 8.43. The molecular weight excluding hydrogens is 170 g/mol. The molecule has 0 fully saturated rings. The molecule has 1 heterocycles. The first-order chi connectivity index (χ1) is 5.13. The van der Waals surface area contributed by atoms with E-state index in [9.17, 15) is 4.79 Å². The van der Waals surface area contributed by atoms with Gasteiger partial charge in [0.2, 0.25) is 0 Å². The van der Waals surface area contributed by atoms with Crippen molar-refractivity contribution >= 4 is 17.6 Å². The van der Waals surface area contributed by atoms with Crippen LogP contribution in [0.15, 0.2) is 12.3 Å². The molecule has 0 unspecified atom stereocenters. The second-order valence-electron chi connectivity index (χ2n) is 1.80. The minimum atomic E-state index is -1.29. The molecule has 0 radical (unpaired) electrons. The molecule has 0 aliphatic heterocycles. The van der Waals surface area contributed by atoms with E-state index in [1.54, 1.807) is 0 Å². The highest BCUT2D eigenvalue weighted by Crippen LogP contribution is 2.22. The van der Waals surface area contributed by atoms with Crippen LogP contribution < -0.4 is 0 Å². The molecule has 0 bridgehead atoms. The topological polar surface area (TPSA) is 70.4 Å². The van der Waals surface area contributed by atoms with Crippen molar-refractivity contribution < 1.29 is 15.0 Å². The first-order valence-electron chi connectivity index (χ1n) is 2.69. The van der Waals surface area contributed by atoms with Gasteiger partial charge in [-0.25, -0.2) is 9.78 Å². The Hall–Kier alpha value is -1.29. The van der Waals surface area contributed by atoms with Crippen LogP contribution >= 0.6 is 11.6 Å². The Morgan fingerprint density at radius 1 is 1.64 bits per heavy atom. The van der Waals surface area contributed by atoms with Crippen molar-refractivity contribution in [2.24, 2.45) is 0 Å². The van der Waals surface area contributed by atoms with E-state index in [0.29, 0.717) is 0 Å². The van der Waals surface area contributed by atoms with Crippen molar-refractivity contribution in [3.8, 4) is 5.75 Å². The lowest BCUT2D eigenvalue weighted by Gasteiger charge is -1.98. The van der Waals surface area contributed by atoms with E-state index in [1.165, 1.54) is 6.20 Å². The number of carbonyl (C=O) groups is 1. The first-order valence-corrected chi connectivity index (χ1v) is 3.07. The summed E-state index contributed by atoms with van der Waals surface area (Å²) in [6.45, 7) is 0. The Balaban J connectivity index is 3.32. The van der Waals surface area contributed by atoms with E-state index >= 15 is 0 Å². The molecular formula is C6H4ClNO3. The average molecular weight is 174 g/mol. The molecule has 1 rings (SSSR count). The largest absolute Gasteiger partial charge is 0.507 e. The average Bonchev–Trinajstić information content (AvgIpc) is 1.85. The summed E-state index contributed by atoms with van der Waals surface area (Å²) in [6, 6.07) is 1.16. The van der Waals surface area contributed by atoms with Gasteiger partial charge in [0.25, 0.3) is 0 Å². The summed E-state index contributed by atoms with van der Waals surface area (Å²) < 4.78 is 0. The summed E-state index contributed by atoms with van der Waals surface area (Å²) >= 11 is 5.37. The van der Waals surface area contributed by atoms with E-state index in [0.717, 1.165) is 6.07 Å². The first kappa shape index (κ1) is 7.81. The summed E-state index contributed by atoms with van der Waals surface area (Å²) in [6.07, 6.45) is 1.23. The maximum atomic E-state index is 10.4. The Bertz CT molecular complexity index is 280. The van der Waals surface area contributed by atoms with Gasteiger partial charge in [0, 0.05) is 6.20 Å². The van der Waals surface area contributed by atoms with Crippen LogP contribution in [-0.2, 0) is 0 Å². The van der Waals surface area contributed by atoms with Gasteiger partial charge >= 0.3 is 5.97 Å². The maximum Gasteiger partial charge on any atom is 0.342 e. The van der Waals surface area contributed by atoms with Crippen molar-refractivity contribution in [1.82, 2.24) is 4.98 Å². The van der Waals surface area contributed by atoms with Gasteiger partial charge < -0.3 is 10.2 Å². The van der Waals surface area contributed by atoms with Crippen molar-refractivity contribution in [3.05, 3.63) is 23.0 Å². The van der Waals surface area contributed by atoms with Crippen LogP contribution in [0, 0.1) is 0 Å². The number of pyridine rings is 1. The van der Waals surface area contributed by atoms with Crippen LogP contribution in [0.25, 0.3) is 0 Å². The molecule has 11 heavy (non-hydrogen) atoms. The second-order valence-corrected chi connectivity index (χ2v) is 2.16. The highest BCUT2D eigenvalue weighted by atomic mass is 35.5. The molecule has 0 atom stereocenters. The number of aromatic carboxylic acids is 1. The molecule has 58 valence electrons. The minimum absolute atomic E-state index is 0.211. The van der Waals surface area contributed by atoms with Crippen molar-refractivity contribution in [1.29, 1.82) is 0 Å². The standard InChI is InChI=1S/C6H4ClNO3/c7-5-4(6(10)11)3(9)1-2-8-5/h1-2H,(H,8,9)(H,10,11). The Morgan fingerprint density at radius 2 is 2.27 bits per heavy atom. The van der Waals surface area contributed by atoms with Crippen molar-refractivity contribution in [2.45, 2.75) is 0 Å². The number of carboxylic acids is 1. The second kappa shape index (κ2) is 2.75. The Morgan fingerprint density at radius 3 is 2.64 bits per heavy atom. The quantitative estimate of drug-likeness (QED) is 0.625. The summed E-state index contributed by atoms with van der Waals surface area (Å²) in [7, 11) is 0. The third-order valence-electron chi connectivity index (χ3n) is 1.10. The van der Waals surface area contributed by atoms with Crippen LogP contribution in [0.5, 0.6) is 5.75 Å². The summed E-state index contributed by atoms with van der Waals surface area (Å²) in [4.78, 5) is 13.8. The van der Waals surface area contributed by atoms with Crippen LogP contribution in [-0.4, -0.2) is 21.2 Å². The molecule has 0 aromatic carbocycles. The molecule has 0 saturated carbocycles. The summed E-state index contributed by atoms with van der Waals surface area (Å²) in [5.41, 5.74) is -0.367. The van der Waals surface area contributed by atoms with Gasteiger partial charge in [-0.1, -0.05) is 11.6 Å². The van der Waals surface area contributed by atoms with E-state index in [1.807, 2.05) is 0 Å². The van der Waals surface area contributed by atoms with Gasteiger partial charge in [-0.05, 0) is 6.07 Å². The number of rotatable bonds is 1. The number of halogens is 1. The monoisotopic (exact) mass is 173 g/mol. The molecule has 0 saturated heterocycles. The van der Waals surface area contributed by atoms with Crippen LogP contribution in [0.2, 0.25) is 5.15 Å². The zero-order valence-corrected chi connectivity index (χ0v) is 6.04. The minimum Gasteiger partial charge on any atom is -0.507 e. The maximum absolute atomic E-state index is 10.4. The number of carboxylic acid groups (broad SMARTS) is 1. The molecule has 2 N–H and O–H groups in total. The number of hydrogen-bond donors (Lipinski definition) is 2. The fraction of sp³-hybridized carbons (Fsp3) is 0. The highest BCUT2D eigenvalue weighted by Gasteiger charge is 2.13. The number of aromatic nitrogens is 1. The SMILES string of the molecule is O=C(O)c1c(O)ccnc1Cl. The Labute approximate surface area is 67.1 Å². The van der Waals surface area contributed by atoms with Crippen LogP contribution in [0.1, 0.15) is 10.4 Å². The number of nitrogens with zero attached hydrogens (tertiary/aromatic N) is 1. The zero-order valence-electron chi connectivity index (χ0n) is 5.28. The third kappa shape index (κ3) is 1.40. The molecule has 1 aromatic rings. The molecule has 0 amide bonds. The van der Waals surface area contributed by atoms with E-state index < -0.39 is 5.97 Å². The summed E-state index contributed by atoms with van der Waals surface area (Å²) in [5.74, 6) is -1.67. The van der Waals surface area contributed by atoms with Crippen molar-refractivity contribution in [3.63, 3.8) is 0 Å². The van der Waals surface area contributed by atoms with Gasteiger partial charge in [0.1, 0.15) is 16.5 Å². The lowest BCUT2D eigenvalue weighted by Crippen LogP contribution is -1.98. The number of hydrogen-bond acceptors (Lipinski definition) is 3. The highest BCUT2D eigenvalue weighted by molar-refractivity contribution is 6.32. The molecule has 0 spiro atoms. The lowest BCUT2D eigenvalue weighted by molar-refractivity contribution is 0.0693. The van der Waals surface area contributed by atoms with Gasteiger partial charge in [0.15, 0.2) is 0 Å². The van der Waals surface area contributed by atoms with Gasteiger partial charge in [-0.2, -0.15) is 0 Å². The lowest BCUT2D eigenvalue weighted by atomic mass is 10.2. The predicted octanol–water partition coefficient (Wildman–Crippen LogP) is 1.14. The normalized spacial score (nSPS) is 9.55. The molecule has 0 aliphatic carbocycles. The third-order valence-corrected chi connectivity index (χ3v) is 1.38. The van der Waals surface area contributed by atoms with E-state index in [-0.39, 0.29) is 16.5 Å². The smallest absolute Gasteiger partial charge is 0.342 e. The fourth-order valence-electron chi connectivity index (χ4n) is 0.625. The molecule has 5 heteroatoms. The van der Waals surface area contributed by atoms with Gasteiger partial charge in [0.05, 0.1) is 0 Å². The van der Waals surface area contributed by atoms with Crippen LogP contribution in [0.3, 0.4) is 0 Å². The number of aromatic hydroxyl groups is 1. The van der Waals surface area contributed by atoms with E-state index in [2.05, 4.69) is 4.98 Å². The van der Waals surface area contributed by atoms with Gasteiger partial charge in [-0.15, -0.1) is 0 Å². The molecule has 0 aliphatic rings. The van der Waals surface area contributed by atoms with Crippen molar-refractivity contribution in [2.75, 3.05) is 0 Å². The Kier molecular flexibility index (Phi) is 1.96. The predicted molar refractivity (Wildman–Crippen MR) is 37.9 cm³/mol. The van der Waals surface area contributed by atoms with Crippen LogP contribution in [0.4, 0.5) is 0 Å². The fourth-order valence-corrected chi connectivity index (χ4v) is 0.859. The molecule has 4 nitrogen and oxygen atoms in total.